The Kier molecular flexibility index (Phi) is 5.32. The number of hydrogen-bond acceptors (Lipinski definition) is 3. The van der Waals surface area contributed by atoms with E-state index in [2.05, 4.69) is 107 Å². The molecule has 0 atom stereocenters. The number of rotatable bonds is 4. The first kappa shape index (κ1) is 22.9. The minimum atomic E-state index is 0.717. The highest BCUT2D eigenvalue weighted by Gasteiger charge is 2.16. The molecule has 0 spiro atoms. The van der Waals surface area contributed by atoms with Crippen molar-refractivity contribution in [2.75, 3.05) is 0 Å². The summed E-state index contributed by atoms with van der Waals surface area (Å²) in [5.41, 5.74) is 8.50. The predicted octanol–water partition coefficient (Wildman–Crippen LogP) is 9.79. The lowest BCUT2D eigenvalue weighted by molar-refractivity contribution is 1.16. The van der Waals surface area contributed by atoms with E-state index in [1.165, 1.54) is 31.9 Å². The van der Waals surface area contributed by atoms with Gasteiger partial charge >= 0.3 is 0 Å². The van der Waals surface area contributed by atoms with Gasteiger partial charge in [-0.2, -0.15) is 0 Å². The first-order valence-electron chi connectivity index (χ1n) is 13.3. The van der Waals surface area contributed by atoms with Gasteiger partial charge in [0.15, 0.2) is 5.82 Å². The van der Waals surface area contributed by atoms with Gasteiger partial charge in [-0.3, -0.25) is 0 Å². The number of thiophene rings is 1. The van der Waals surface area contributed by atoms with Crippen LogP contribution in [-0.2, 0) is 0 Å². The van der Waals surface area contributed by atoms with Crippen molar-refractivity contribution in [1.29, 1.82) is 0 Å². The van der Waals surface area contributed by atoms with Crippen molar-refractivity contribution in [2.45, 2.75) is 0 Å². The standard InChI is InChI=1S/C36H23N3S/c1-3-9-24(10-4-1)30-23-31(25-11-5-2-6-12-25)38-36(37-30)26-15-17-27(18-16-26)39-32-14-8-7-13-28(32)35-29-21-22-40-34(29)20-19-33(35)39/h1-23H. The molecule has 3 heterocycles. The van der Waals surface area contributed by atoms with E-state index in [0.29, 0.717) is 5.82 Å². The van der Waals surface area contributed by atoms with Crippen LogP contribution in [0.2, 0.25) is 0 Å². The first-order valence-corrected chi connectivity index (χ1v) is 14.2. The molecule has 4 heteroatoms. The van der Waals surface area contributed by atoms with Gasteiger partial charge in [-0.25, -0.2) is 9.97 Å². The van der Waals surface area contributed by atoms with E-state index in [4.69, 9.17) is 9.97 Å². The molecular weight excluding hydrogens is 506 g/mol. The second-order valence-corrected chi connectivity index (χ2v) is 10.8. The average Bonchev–Trinajstić information content (AvgIpc) is 3.64. The van der Waals surface area contributed by atoms with E-state index in [1.54, 1.807) is 11.3 Å². The van der Waals surface area contributed by atoms with Crippen LogP contribution in [0.1, 0.15) is 0 Å². The summed E-state index contributed by atoms with van der Waals surface area (Å²) in [4.78, 5) is 10.0. The Hall–Kier alpha value is -5.06. The molecule has 0 saturated heterocycles. The fraction of sp³-hybridized carbons (Fsp3) is 0. The van der Waals surface area contributed by atoms with Crippen LogP contribution in [-0.4, -0.2) is 14.5 Å². The number of benzene rings is 5. The molecule has 0 bridgehead atoms. The third-order valence-electron chi connectivity index (χ3n) is 7.52. The van der Waals surface area contributed by atoms with Gasteiger partial charge in [-0.1, -0.05) is 78.9 Å². The predicted molar refractivity (Wildman–Crippen MR) is 168 cm³/mol. The zero-order valence-corrected chi connectivity index (χ0v) is 22.3. The molecule has 3 nitrogen and oxygen atoms in total. The summed E-state index contributed by atoms with van der Waals surface area (Å²) in [5, 5.41) is 6.08. The van der Waals surface area contributed by atoms with Crippen LogP contribution in [0.3, 0.4) is 0 Å². The quantitative estimate of drug-likeness (QED) is 0.227. The van der Waals surface area contributed by atoms with Crippen molar-refractivity contribution in [2.24, 2.45) is 0 Å². The van der Waals surface area contributed by atoms with Gasteiger partial charge in [-0.15, -0.1) is 11.3 Å². The van der Waals surface area contributed by atoms with E-state index >= 15 is 0 Å². The molecule has 5 aromatic carbocycles. The molecule has 0 amide bonds. The molecule has 0 fully saturated rings. The molecular formula is C36H23N3S. The minimum Gasteiger partial charge on any atom is -0.309 e. The van der Waals surface area contributed by atoms with Crippen molar-refractivity contribution < 1.29 is 0 Å². The van der Waals surface area contributed by atoms with Gasteiger partial charge in [0, 0.05) is 43.2 Å². The Morgan fingerprint density at radius 2 is 1.15 bits per heavy atom. The van der Waals surface area contributed by atoms with Crippen LogP contribution in [0.5, 0.6) is 0 Å². The van der Waals surface area contributed by atoms with Crippen molar-refractivity contribution in [3.8, 4) is 39.6 Å². The van der Waals surface area contributed by atoms with Gasteiger partial charge in [0.05, 0.1) is 22.4 Å². The third kappa shape index (κ3) is 3.73. The fourth-order valence-electron chi connectivity index (χ4n) is 5.64. The topological polar surface area (TPSA) is 30.7 Å². The second kappa shape index (κ2) is 9.30. The maximum absolute atomic E-state index is 5.00. The maximum atomic E-state index is 5.00. The molecule has 8 aromatic rings. The zero-order valence-electron chi connectivity index (χ0n) is 21.5. The highest BCUT2D eigenvalue weighted by atomic mass is 32.1. The van der Waals surface area contributed by atoms with Crippen molar-refractivity contribution in [1.82, 2.24) is 14.5 Å². The van der Waals surface area contributed by atoms with Crippen LogP contribution >= 0.6 is 11.3 Å². The molecule has 0 aliphatic carbocycles. The van der Waals surface area contributed by atoms with Crippen LogP contribution < -0.4 is 0 Å². The van der Waals surface area contributed by atoms with Crippen LogP contribution in [0, 0.1) is 0 Å². The summed E-state index contributed by atoms with van der Waals surface area (Å²) < 4.78 is 3.68. The Labute approximate surface area is 235 Å². The van der Waals surface area contributed by atoms with Crippen LogP contribution in [0.15, 0.2) is 139 Å². The largest absolute Gasteiger partial charge is 0.309 e. The maximum Gasteiger partial charge on any atom is 0.160 e. The number of aromatic nitrogens is 3. The van der Waals surface area contributed by atoms with Gasteiger partial charge in [0.1, 0.15) is 0 Å². The highest BCUT2D eigenvalue weighted by Crippen LogP contribution is 2.38. The monoisotopic (exact) mass is 529 g/mol. The summed E-state index contributed by atoms with van der Waals surface area (Å²) in [6.07, 6.45) is 0. The molecule has 0 radical (unpaired) electrons. The normalized spacial score (nSPS) is 11.5. The Balaban J connectivity index is 1.28. The summed E-state index contributed by atoms with van der Waals surface area (Å²) in [5.74, 6) is 0.717. The molecule has 0 aliphatic rings. The average molecular weight is 530 g/mol. The van der Waals surface area contributed by atoms with Gasteiger partial charge in [0.2, 0.25) is 0 Å². The lowest BCUT2D eigenvalue weighted by Crippen LogP contribution is -1.97. The lowest BCUT2D eigenvalue weighted by atomic mass is 10.1. The first-order chi connectivity index (χ1) is 19.8. The SMILES string of the molecule is c1ccc(-c2cc(-c3ccccc3)nc(-c3ccc(-n4c5ccccc5c5c6ccsc6ccc54)cc3)n2)cc1. The van der Waals surface area contributed by atoms with Crippen molar-refractivity contribution in [3.63, 3.8) is 0 Å². The third-order valence-corrected chi connectivity index (χ3v) is 8.40. The summed E-state index contributed by atoms with van der Waals surface area (Å²) in [7, 11) is 0. The Morgan fingerprint density at radius 1 is 0.500 bits per heavy atom. The molecule has 0 unspecified atom stereocenters. The smallest absolute Gasteiger partial charge is 0.160 e. The molecule has 8 rings (SSSR count). The molecule has 0 N–H and O–H groups in total. The van der Waals surface area contributed by atoms with E-state index in [0.717, 1.165) is 33.8 Å². The number of hydrogen-bond donors (Lipinski definition) is 0. The van der Waals surface area contributed by atoms with E-state index < -0.39 is 0 Å². The van der Waals surface area contributed by atoms with Gasteiger partial charge < -0.3 is 4.57 Å². The van der Waals surface area contributed by atoms with Crippen LogP contribution in [0.25, 0.3) is 71.5 Å². The molecule has 188 valence electrons. The summed E-state index contributed by atoms with van der Waals surface area (Å²) in [6, 6.07) is 46.7. The van der Waals surface area contributed by atoms with E-state index in [9.17, 15) is 0 Å². The molecule has 0 saturated carbocycles. The Bertz CT molecular complexity index is 2080. The van der Waals surface area contributed by atoms with E-state index in [1.807, 2.05) is 36.4 Å². The van der Waals surface area contributed by atoms with E-state index in [-0.39, 0.29) is 0 Å². The number of para-hydroxylation sites is 1. The van der Waals surface area contributed by atoms with Crippen molar-refractivity contribution in [3.05, 3.63) is 139 Å². The minimum absolute atomic E-state index is 0.717. The summed E-state index contributed by atoms with van der Waals surface area (Å²) >= 11 is 1.79. The van der Waals surface area contributed by atoms with Crippen LogP contribution in [0.4, 0.5) is 0 Å². The lowest BCUT2D eigenvalue weighted by Gasteiger charge is -2.11. The Morgan fingerprint density at radius 3 is 1.85 bits per heavy atom. The summed E-state index contributed by atoms with van der Waals surface area (Å²) in [6.45, 7) is 0. The van der Waals surface area contributed by atoms with Gasteiger partial charge in [0.25, 0.3) is 0 Å². The second-order valence-electron chi connectivity index (χ2n) is 9.89. The number of nitrogens with zero attached hydrogens (tertiary/aromatic N) is 3. The molecule has 3 aromatic heterocycles. The fourth-order valence-corrected chi connectivity index (χ4v) is 6.43. The number of fused-ring (bicyclic) bond motifs is 5. The molecule has 0 aliphatic heterocycles. The highest BCUT2D eigenvalue weighted by molar-refractivity contribution is 7.17. The molecule has 40 heavy (non-hydrogen) atoms. The zero-order chi connectivity index (χ0) is 26.5. The van der Waals surface area contributed by atoms with Crippen molar-refractivity contribution >= 4 is 43.2 Å². The van der Waals surface area contributed by atoms with Gasteiger partial charge in [-0.05, 0) is 60.0 Å².